The average molecular weight is 269 g/mol. The van der Waals surface area contributed by atoms with Gasteiger partial charge in [0, 0.05) is 31.9 Å². The van der Waals surface area contributed by atoms with Gasteiger partial charge in [-0.15, -0.1) is 0 Å². The third kappa shape index (κ3) is 2.94. The van der Waals surface area contributed by atoms with Crippen LogP contribution in [0.5, 0.6) is 0 Å². The molecule has 2 heterocycles. The Labute approximate surface area is 114 Å². The molecule has 0 unspecified atom stereocenters. The third-order valence-electron chi connectivity index (χ3n) is 3.66. The van der Waals surface area contributed by atoms with Crippen molar-refractivity contribution < 1.29 is 0 Å². The molecule has 0 saturated carbocycles. The summed E-state index contributed by atoms with van der Waals surface area (Å²) in [7, 11) is 4.29. The van der Waals surface area contributed by atoms with Gasteiger partial charge in [0.15, 0.2) is 0 Å². The molecule has 1 saturated heterocycles. The molecule has 5 heteroatoms. The predicted octanol–water partition coefficient (Wildman–Crippen LogP) is 1.72. The van der Waals surface area contributed by atoms with E-state index in [1.807, 2.05) is 6.07 Å². The molecule has 0 spiro atoms. The first-order chi connectivity index (χ1) is 8.61. The molecule has 1 aliphatic heterocycles. The smallest absolute Gasteiger partial charge is 0.128 e. The summed E-state index contributed by atoms with van der Waals surface area (Å²) in [6, 6.07) is 2.70. The van der Waals surface area contributed by atoms with E-state index in [4.69, 9.17) is 17.3 Å². The number of nitrogens with two attached hydrogens (primary N) is 1. The zero-order valence-corrected chi connectivity index (χ0v) is 11.8. The van der Waals surface area contributed by atoms with Crippen LogP contribution >= 0.6 is 11.6 Å². The molecule has 1 aromatic rings. The maximum absolute atomic E-state index is 6.03. The minimum Gasteiger partial charge on any atom is -0.356 e. The molecule has 0 radical (unpaired) electrons. The number of piperidine rings is 1. The molecule has 0 amide bonds. The Morgan fingerprint density at radius 2 is 2.11 bits per heavy atom. The number of anilines is 1. The third-order valence-corrected chi connectivity index (χ3v) is 4.00. The van der Waals surface area contributed by atoms with Gasteiger partial charge in [0.05, 0.1) is 5.02 Å². The van der Waals surface area contributed by atoms with Crippen molar-refractivity contribution in [2.24, 2.45) is 5.73 Å². The summed E-state index contributed by atoms with van der Waals surface area (Å²) in [6.45, 7) is 2.55. The number of aromatic nitrogens is 1. The van der Waals surface area contributed by atoms with Gasteiger partial charge in [0.2, 0.25) is 0 Å². The van der Waals surface area contributed by atoms with E-state index in [-0.39, 0.29) is 0 Å². The summed E-state index contributed by atoms with van der Waals surface area (Å²) in [4.78, 5) is 9.02. The van der Waals surface area contributed by atoms with Crippen molar-refractivity contribution in [1.82, 2.24) is 9.88 Å². The van der Waals surface area contributed by atoms with E-state index >= 15 is 0 Å². The summed E-state index contributed by atoms with van der Waals surface area (Å²) < 4.78 is 0. The zero-order valence-electron chi connectivity index (χ0n) is 11.1. The summed E-state index contributed by atoms with van der Waals surface area (Å²) in [6.07, 6.45) is 4.06. The van der Waals surface area contributed by atoms with E-state index < -0.39 is 0 Å². The lowest BCUT2D eigenvalue weighted by molar-refractivity contribution is 0.249. The van der Waals surface area contributed by atoms with E-state index in [0.29, 0.717) is 17.6 Å². The molecule has 100 valence electrons. The highest BCUT2D eigenvalue weighted by Gasteiger charge is 2.21. The van der Waals surface area contributed by atoms with E-state index in [9.17, 15) is 0 Å². The minimum atomic E-state index is 0.461. The number of hydrogen-bond donors (Lipinski definition) is 1. The lowest BCUT2D eigenvalue weighted by Gasteiger charge is -2.36. The van der Waals surface area contributed by atoms with Crippen molar-refractivity contribution in [3.8, 4) is 0 Å². The minimum absolute atomic E-state index is 0.461. The fourth-order valence-corrected chi connectivity index (χ4v) is 2.59. The summed E-state index contributed by atoms with van der Waals surface area (Å²) >= 11 is 6.03. The van der Waals surface area contributed by atoms with E-state index in [1.54, 1.807) is 6.20 Å². The Morgan fingerprint density at radius 1 is 1.44 bits per heavy atom. The second-order valence-electron chi connectivity index (χ2n) is 5.02. The van der Waals surface area contributed by atoms with Crippen molar-refractivity contribution in [2.75, 3.05) is 32.1 Å². The van der Waals surface area contributed by atoms with Crippen molar-refractivity contribution >= 4 is 17.4 Å². The molecule has 0 atom stereocenters. The fraction of sp³-hybridized carbons (Fsp3) is 0.615. The van der Waals surface area contributed by atoms with Crippen LogP contribution in [0.2, 0.25) is 5.02 Å². The predicted molar refractivity (Wildman–Crippen MR) is 76.1 cm³/mol. The molecule has 4 nitrogen and oxygen atoms in total. The van der Waals surface area contributed by atoms with Crippen molar-refractivity contribution in [1.29, 1.82) is 0 Å². The fourth-order valence-electron chi connectivity index (χ4n) is 2.41. The molecule has 2 N–H and O–H groups in total. The highest BCUT2D eigenvalue weighted by Crippen LogP contribution is 2.23. The highest BCUT2D eigenvalue weighted by molar-refractivity contribution is 6.31. The number of hydrogen-bond acceptors (Lipinski definition) is 4. The maximum Gasteiger partial charge on any atom is 0.128 e. The van der Waals surface area contributed by atoms with Gasteiger partial charge in [0.25, 0.3) is 0 Å². The number of rotatable bonds is 3. The van der Waals surface area contributed by atoms with Crippen LogP contribution in [-0.4, -0.2) is 43.1 Å². The van der Waals surface area contributed by atoms with Gasteiger partial charge in [-0.3, -0.25) is 0 Å². The second kappa shape index (κ2) is 5.87. The zero-order chi connectivity index (χ0) is 13.1. The van der Waals surface area contributed by atoms with Gasteiger partial charge < -0.3 is 15.5 Å². The number of halogens is 1. The van der Waals surface area contributed by atoms with Crippen LogP contribution in [0.4, 0.5) is 5.82 Å². The second-order valence-corrected chi connectivity index (χ2v) is 5.43. The first kappa shape index (κ1) is 13.6. The van der Waals surface area contributed by atoms with Gasteiger partial charge in [-0.1, -0.05) is 11.6 Å². The van der Waals surface area contributed by atoms with Crippen LogP contribution in [0.3, 0.4) is 0 Å². The van der Waals surface area contributed by atoms with Crippen molar-refractivity contribution in [2.45, 2.75) is 25.4 Å². The highest BCUT2D eigenvalue weighted by atomic mass is 35.5. The van der Waals surface area contributed by atoms with Gasteiger partial charge in [-0.2, -0.15) is 0 Å². The normalized spacial score (nSPS) is 17.5. The average Bonchev–Trinajstić information content (AvgIpc) is 2.39. The van der Waals surface area contributed by atoms with E-state index in [1.165, 1.54) is 12.8 Å². The van der Waals surface area contributed by atoms with Crippen LogP contribution in [0.1, 0.15) is 18.4 Å². The van der Waals surface area contributed by atoms with Gasteiger partial charge in [0.1, 0.15) is 5.82 Å². The molecule has 1 aromatic heterocycles. The Bertz CT molecular complexity index is 400. The van der Waals surface area contributed by atoms with Crippen LogP contribution in [-0.2, 0) is 6.54 Å². The van der Waals surface area contributed by atoms with Gasteiger partial charge in [-0.05, 0) is 38.6 Å². The molecular formula is C13H21ClN4. The van der Waals surface area contributed by atoms with E-state index in [2.05, 4.69) is 28.9 Å². The van der Waals surface area contributed by atoms with Crippen LogP contribution in [0, 0.1) is 0 Å². The monoisotopic (exact) mass is 268 g/mol. The number of nitrogens with zero attached hydrogens (tertiary/aromatic N) is 3. The lowest BCUT2D eigenvalue weighted by atomic mass is 10.0. The van der Waals surface area contributed by atoms with Crippen LogP contribution < -0.4 is 10.6 Å². The van der Waals surface area contributed by atoms with Gasteiger partial charge in [-0.25, -0.2) is 4.98 Å². The maximum atomic E-state index is 6.03. The Hall–Kier alpha value is -0.840. The quantitative estimate of drug-likeness (QED) is 0.907. The standard InChI is InChI=1S/C13H21ClN4/c1-17(2)11-3-5-18(6-4-11)13-7-10(8-15)12(14)9-16-13/h7,9,11H,3-6,8,15H2,1-2H3. The molecule has 0 bridgehead atoms. The van der Waals surface area contributed by atoms with Crippen molar-refractivity contribution in [3.05, 3.63) is 22.8 Å². The molecular weight excluding hydrogens is 248 g/mol. The molecule has 0 aromatic carbocycles. The van der Waals surface area contributed by atoms with Crippen LogP contribution in [0.25, 0.3) is 0 Å². The topological polar surface area (TPSA) is 45.4 Å². The summed E-state index contributed by atoms with van der Waals surface area (Å²) in [5.74, 6) is 0.997. The Kier molecular flexibility index (Phi) is 4.43. The molecule has 1 aliphatic rings. The van der Waals surface area contributed by atoms with E-state index in [0.717, 1.165) is 24.5 Å². The van der Waals surface area contributed by atoms with Crippen LogP contribution in [0.15, 0.2) is 12.3 Å². The molecule has 2 rings (SSSR count). The first-order valence-electron chi connectivity index (χ1n) is 6.37. The molecule has 18 heavy (non-hydrogen) atoms. The Morgan fingerprint density at radius 3 is 2.67 bits per heavy atom. The van der Waals surface area contributed by atoms with Gasteiger partial charge >= 0.3 is 0 Å². The molecule has 1 fully saturated rings. The molecule has 0 aliphatic carbocycles. The Balaban J connectivity index is 2.05. The number of pyridine rings is 1. The summed E-state index contributed by atoms with van der Waals surface area (Å²) in [5.41, 5.74) is 6.64. The first-order valence-corrected chi connectivity index (χ1v) is 6.75. The largest absolute Gasteiger partial charge is 0.356 e. The summed E-state index contributed by atoms with van der Waals surface area (Å²) in [5, 5.41) is 0.657. The SMILES string of the molecule is CN(C)C1CCN(c2cc(CN)c(Cl)cn2)CC1. The van der Waals surface area contributed by atoms with Crippen molar-refractivity contribution in [3.63, 3.8) is 0 Å². The lowest BCUT2D eigenvalue weighted by Crippen LogP contribution is -2.42.